The summed E-state index contributed by atoms with van der Waals surface area (Å²) in [6.07, 6.45) is 3.00. The van der Waals surface area contributed by atoms with Crippen LogP contribution in [0.15, 0.2) is 24.5 Å². The summed E-state index contributed by atoms with van der Waals surface area (Å²) in [5.41, 5.74) is 0.383. The van der Waals surface area contributed by atoms with E-state index in [0.29, 0.717) is 34.7 Å². The third kappa shape index (κ3) is 4.84. The highest BCUT2D eigenvalue weighted by Gasteiger charge is 2.34. The van der Waals surface area contributed by atoms with Gasteiger partial charge >= 0.3 is 0 Å². The molecule has 0 aliphatic carbocycles. The van der Waals surface area contributed by atoms with Gasteiger partial charge in [0, 0.05) is 19.1 Å². The molecule has 4 rings (SSSR count). The van der Waals surface area contributed by atoms with Gasteiger partial charge in [-0.05, 0) is 13.0 Å². The van der Waals surface area contributed by atoms with Crippen LogP contribution in [-0.2, 0) is 14.8 Å². The fourth-order valence-electron chi connectivity index (χ4n) is 3.63. The largest absolute Gasteiger partial charge is 0.494 e. The molecular weight excluding hydrogens is 478 g/mol. The van der Waals surface area contributed by atoms with Crippen LogP contribution in [0.5, 0.6) is 17.4 Å². The molecule has 4 heterocycles. The summed E-state index contributed by atoms with van der Waals surface area (Å²) in [5, 5.41) is 7.47. The van der Waals surface area contributed by atoms with Crippen molar-refractivity contribution in [1.29, 1.82) is 0 Å². The first kappa shape index (κ1) is 24.6. The van der Waals surface area contributed by atoms with Gasteiger partial charge < -0.3 is 18.9 Å². The molecule has 1 aliphatic heterocycles. The van der Waals surface area contributed by atoms with Crippen LogP contribution < -0.4 is 18.9 Å². The molecule has 0 radical (unpaired) electrons. The molecule has 13 nitrogen and oxygen atoms in total. The summed E-state index contributed by atoms with van der Waals surface area (Å²) in [4.78, 5) is 12.9. The smallest absolute Gasteiger partial charge is 0.239 e. The van der Waals surface area contributed by atoms with Crippen molar-refractivity contribution >= 4 is 16.0 Å². The maximum atomic E-state index is 13.3. The molecule has 0 aromatic carbocycles. The molecule has 0 saturated heterocycles. The molecule has 2 unspecified atom stereocenters. The van der Waals surface area contributed by atoms with Crippen molar-refractivity contribution in [3.63, 3.8) is 0 Å². The Morgan fingerprint density at radius 3 is 2.54 bits per heavy atom. The quantitative estimate of drug-likeness (QED) is 0.452. The van der Waals surface area contributed by atoms with Gasteiger partial charge in [0.05, 0.1) is 44.5 Å². The monoisotopic (exact) mass is 505 g/mol. The number of aromatic nitrogens is 6. The van der Waals surface area contributed by atoms with E-state index in [1.165, 1.54) is 26.6 Å². The number of hydrogen-bond acceptors (Lipinski definition) is 11. The maximum Gasteiger partial charge on any atom is 0.239 e. The van der Waals surface area contributed by atoms with Crippen molar-refractivity contribution in [3.05, 3.63) is 30.4 Å². The first-order chi connectivity index (χ1) is 16.8. The number of pyridine rings is 1. The number of ether oxygens (including phenoxy) is 4. The number of sulfonamides is 1. The van der Waals surface area contributed by atoms with Gasteiger partial charge in [0.15, 0.2) is 17.3 Å². The average molecular weight is 506 g/mol. The lowest BCUT2D eigenvalue weighted by Crippen LogP contribution is -2.32. The van der Waals surface area contributed by atoms with Crippen molar-refractivity contribution < 1.29 is 27.4 Å². The van der Waals surface area contributed by atoms with Gasteiger partial charge in [0.25, 0.3) is 0 Å². The fourth-order valence-corrected chi connectivity index (χ4v) is 4.87. The Morgan fingerprint density at radius 1 is 1.14 bits per heavy atom. The molecule has 1 aliphatic rings. The summed E-state index contributed by atoms with van der Waals surface area (Å²) in [7, 11) is 0.621. The van der Waals surface area contributed by atoms with Gasteiger partial charge in [-0.3, -0.25) is 9.29 Å². The van der Waals surface area contributed by atoms with E-state index in [1.807, 2.05) is 0 Å². The normalized spacial score (nSPS) is 16.8. The Balaban J connectivity index is 1.68. The Hall–Kier alpha value is -3.52. The molecule has 3 aromatic rings. The average Bonchev–Trinajstić information content (AvgIpc) is 3.20. The molecule has 0 saturated carbocycles. The minimum Gasteiger partial charge on any atom is -0.494 e. The lowest BCUT2D eigenvalue weighted by molar-refractivity contribution is 0.126. The van der Waals surface area contributed by atoms with Gasteiger partial charge in [-0.2, -0.15) is 0 Å². The second-order valence-corrected chi connectivity index (χ2v) is 10.00. The Morgan fingerprint density at radius 2 is 1.89 bits per heavy atom. The third-order valence-electron chi connectivity index (χ3n) is 5.82. The summed E-state index contributed by atoms with van der Waals surface area (Å²) >= 11 is 0. The first-order valence-electron chi connectivity index (χ1n) is 10.8. The Bertz CT molecular complexity index is 1280. The predicted octanol–water partition coefficient (Wildman–Crippen LogP) is 1.66. The zero-order valence-electron chi connectivity index (χ0n) is 20.0. The second kappa shape index (κ2) is 10.00. The molecule has 35 heavy (non-hydrogen) atoms. The van der Waals surface area contributed by atoms with E-state index in [1.54, 1.807) is 37.7 Å². The number of methoxy groups -OCH3 is 3. The molecule has 0 spiro atoms. The van der Waals surface area contributed by atoms with E-state index in [-0.39, 0.29) is 19.2 Å². The van der Waals surface area contributed by atoms with Crippen molar-refractivity contribution in [2.24, 2.45) is 0 Å². The number of hydrogen-bond donors (Lipinski definition) is 1. The van der Waals surface area contributed by atoms with Crippen LogP contribution >= 0.6 is 0 Å². The number of fused-ring (bicyclic) bond motifs is 3. The third-order valence-corrected chi connectivity index (χ3v) is 7.68. The molecule has 0 bridgehead atoms. The molecule has 188 valence electrons. The van der Waals surface area contributed by atoms with Crippen molar-refractivity contribution in [1.82, 2.24) is 29.7 Å². The van der Waals surface area contributed by atoms with E-state index in [2.05, 4.69) is 29.9 Å². The minimum atomic E-state index is -3.93. The molecule has 1 N–H and O–H groups in total. The lowest BCUT2D eigenvalue weighted by atomic mass is 10.1. The summed E-state index contributed by atoms with van der Waals surface area (Å²) in [6.45, 7) is 3.75. The van der Waals surface area contributed by atoms with E-state index in [4.69, 9.17) is 18.9 Å². The van der Waals surface area contributed by atoms with E-state index in [0.717, 1.165) is 0 Å². The first-order valence-corrected chi connectivity index (χ1v) is 12.3. The Labute approximate surface area is 202 Å². The second-order valence-electron chi connectivity index (χ2n) is 7.96. The van der Waals surface area contributed by atoms with E-state index in [9.17, 15) is 8.42 Å². The summed E-state index contributed by atoms with van der Waals surface area (Å²) < 4.78 is 52.5. The van der Waals surface area contributed by atoms with Gasteiger partial charge in [-0.25, -0.2) is 23.4 Å². The van der Waals surface area contributed by atoms with Crippen molar-refractivity contribution in [2.45, 2.75) is 31.1 Å². The van der Waals surface area contributed by atoms with Gasteiger partial charge in [-0.15, -0.1) is 10.2 Å². The standard InChI is InChI=1S/C21H27N7O6S/c1-12(19-22-8-15(32-4)9-23-19)13(2)35(29,30)27-21-26-25-20-18-16(6-7-17(24-18)33-5)34-11-14(10-31-3)28(20)21/h6-9,12-14H,10-11H2,1-5H3,(H,26,27)/t12?,13?,14-/m0/s1. The van der Waals surface area contributed by atoms with Crippen LogP contribution in [0.4, 0.5) is 5.95 Å². The number of nitrogens with one attached hydrogen (secondary N) is 1. The zero-order valence-corrected chi connectivity index (χ0v) is 20.8. The van der Waals surface area contributed by atoms with Crippen molar-refractivity contribution in [3.8, 4) is 28.9 Å². The highest BCUT2D eigenvalue weighted by atomic mass is 32.2. The zero-order chi connectivity index (χ0) is 25.2. The SMILES string of the molecule is COC[C@H]1COc2ccc(OC)nc2-c2nnc(NS(=O)(=O)C(C)C(C)c3ncc(OC)cn3)n21. The minimum absolute atomic E-state index is 0.0258. The lowest BCUT2D eigenvalue weighted by Gasteiger charge is -2.22. The number of anilines is 1. The van der Waals surface area contributed by atoms with Crippen LogP contribution in [0.3, 0.4) is 0 Å². The van der Waals surface area contributed by atoms with Crippen LogP contribution in [0, 0.1) is 0 Å². The molecule has 3 aromatic heterocycles. The molecule has 14 heteroatoms. The molecule has 3 atom stereocenters. The predicted molar refractivity (Wildman–Crippen MR) is 125 cm³/mol. The number of rotatable bonds is 9. The van der Waals surface area contributed by atoms with Crippen LogP contribution in [0.25, 0.3) is 11.5 Å². The Kier molecular flexibility index (Phi) is 7.03. The molecular formula is C21H27N7O6S. The highest BCUT2D eigenvalue weighted by molar-refractivity contribution is 7.93. The topological polar surface area (TPSA) is 152 Å². The maximum absolute atomic E-state index is 13.3. The molecule has 0 fully saturated rings. The highest BCUT2D eigenvalue weighted by Crippen LogP contribution is 2.36. The fraction of sp³-hybridized carbons (Fsp3) is 0.476. The van der Waals surface area contributed by atoms with Gasteiger partial charge in [0.2, 0.25) is 21.9 Å². The van der Waals surface area contributed by atoms with Crippen LogP contribution in [0.2, 0.25) is 0 Å². The van der Waals surface area contributed by atoms with Crippen LogP contribution in [0.1, 0.15) is 31.6 Å². The van der Waals surface area contributed by atoms with Crippen LogP contribution in [-0.4, -0.2) is 77.9 Å². The van der Waals surface area contributed by atoms with Crippen molar-refractivity contribution in [2.75, 3.05) is 39.3 Å². The summed E-state index contributed by atoms with van der Waals surface area (Å²) in [6, 6.07) is 2.97. The number of nitrogens with zero attached hydrogens (tertiary/aromatic N) is 6. The van der Waals surface area contributed by atoms with E-state index >= 15 is 0 Å². The molecule has 0 amide bonds. The summed E-state index contributed by atoms with van der Waals surface area (Å²) in [5.74, 6) is 1.53. The van der Waals surface area contributed by atoms with E-state index < -0.39 is 27.2 Å². The van der Waals surface area contributed by atoms with Gasteiger partial charge in [-0.1, -0.05) is 6.92 Å². The van der Waals surface area contributed by atoms with Gasteiger partial charge in [0.1, 0.15) is 18.2 Å².